The Balaban J connectivity index is 2.02. The molecule has 7 nitrogen and oxygen atoms in total. The van der Waals surface area contributed by atoms with Crippen molar-refractivity contribution in [3.8, 4) is 17.2 Å². The van der Waals surface area contributed by atoms with E-state index < -0.39 is 11.8 Å². The molecule has 0 aliphatic heterocycles. The fraction of sp³-hybridized carbons (Fsp3) is 0.222. The van der Waals surface area contributed by atoms with Crippen LogP contribution in [0.1, 0.15) is 10.4 Å². The number of carbonyl (C=O) groups excluding carboxylic acids is 2. The summed E-state index contributed by atoms with van der Waals surface area (Å²) < 4.78 is 15.7. The Kier molecular flexibility index (Phi) is 6.68. The number of carbonyl (C=O) groups is 2. The molecule has 0 fully saturated rings. The van der Waals surface area contributed by atoms with Gasteiger partial charge in [-0.1, -0.05) is 17.7 Å². The molecule has 2 N–H and O–H groups in total. The minimum Gasteiger partial charge on any atom is -0.493 e. The average Bonchev–Trinajstić information content (AvgIpc) is 2.65. The molecular formula is C18H19ClN2O5. The van der Waals surface area contributed by atoms with Crippen molar-refractivity contribution in [2.75, 3.05) is 33.2 Å². The Morgan fingerprint density at radius 3 is 2.19 bits per heavy atom. The maximum absolute atomic E-state index is 12.1. The predicted octanol–water partition coefficient (Wildman–Crippen LogP) is 2.73. The highest BCUT2D eigenvalue weighted by Crippen LogP contribution is 2.39. The summed E-state index contributed by atoms with van der Waals surface area (Å²) in [6.07, 6.45) is 0. The van der Waals surface area contributed by atoms with E-state index in [-0.39, 0.29) is 6.54 Å². The van der Waals surface area contributed by atoms with E-state index in [0.717, 1.165) is 0 Å². The standard InChI is InChI=1S/C18H19ClN2O5/c1-24-14-8-13(9-15(25-2)17(14)26-3)21-16(22)10-20-18(23)11-5-4-6-12(19)7-11/h4-9H,10H2,1-3H3,(H,20,23)(H,21,22). The zero-order valence-corrected chi connectivity index (χ0v) is 15.3. The normalized spacial score (nSPS) is 10.0. The molecule has 0 saturated heterocycles. The number of rotatable bonds is 7. The van der Waals surface area contributed by atoms with Gasteiger partial charge in [0.2, 0.25) is 11.7 Å². The highest BCUT2D eigenvalue weighted by Gasteiger charge is 2.15. The molecule has 0 saturated carbocycles. The van der Waals surface area contributed by atoms with Gasteiger partial charge in [0.05, 0.1) is 27.9 Å². The number of ether oxygens (including phenoxy) is 3. The summed E-state index contributed by atoms with van der Waals surface area (Å²) in [5.74, 6) is 0.430. The zero-order valence-electron chi connectivity index (χ0n) is 14.6. The molecule has 0 radical (unpaired) electrons. The summed E-state index contributed by atoms with van der Waals surface area (Å²) in [5, 5.41) is 5.64. The third-order valence-corrected chi connectivity index (χ3v) is 3.68. The number of nitrogens with one attached hydrogen (secondary N) is 2. The first-order valence-electron chi connectivity index (χ1n) is 7.62. The molecular weight excluding hydrogens is 360 g/mol. The monoisotopic (exact) mass is 378 g/mol. The molecule has 0 bridgehead atoms. The zero-order chi connectivity index (χ0) is 19.1. The number of hydrogen-bond donors (Lipinski definition) is 2. The minimum atomic E-state index is -0.408. The van der Waals surface area contributed by atoms with Crippen molar-refractivity contribution in [1.29, 1.82) is 0 Å². The van der Waals surface area contributed by atoms with Gasteiger partial charge in [-0.25, -0.2) is 0 Å². The molecule has 26 heavy (non-hydrogen) atoms. The quantitative estimate of drug-likeness (QED) is 0.773. The van der Waals surface area contributed by atoms with E-state index in [1.807, 2.05) is 0 Å². The van der Waals surface area contributed by atoms with Gasteiger partial charge < -0.3 is 24.8 Å². The first kappa shape index (κ1) is 19.4. The van der Waals surface area contributed by atoms with Crippen LogP contribution in [0.25, 0.3) is 0 Å². The van der Waals surface area contributed by atoms with Crippen LogP contribution < -0.4 is 24.8 Å². The summed E-state index contributed by atoms with van der Waals surface area (Å²) in [5.41, 5.74) is 0.819. The molecule has 8 heteroatoms. The Morgan fingerprint density at radius 2 is 1.65 bits per heavy atom. The molecule has 2 aromatic rings. The molecule has 0 unspecified atom stereocenters. The van der Waals surface area contributed by atoms with Crippen molar-refractivity contribution < 1.29 is 23.8 Å². The maximum Gasteiger partial charge on any atom is 0.251 e. The highest BCUT2D eigenvalue weighted by atomic mass is 35.5. The lowest BCUT2D eigenvalue weighted by Gasteiger charge is -2.14. The Bertz CT molecular complexity index is 785. The van der Waals surface area contributed by atoms with Crippen molar-refractivity contribution in [2.24, 2.45) is 0 Å². The Labute approximate surface area is 156 Å². The van der Waals surface area contributed by atoms with Gasteiger partial charge in [-0.2, -0.15) is 0 Å². The van der Waals surface area contributed by atoms with E-state index in [1.165, 1.54) is 27.4 Å². The topological polar surface area (TPSA) is 85.9 Å². The smallest absolute Gasteiger partial charge is 0.251 e. The second-order valence-corrected chi connectivity index (χ2v) is 5.59. The van der Waals surface area contributed by atoms with E-state index >= 15 is 0 Å². The van der Waals surface area contributed by atoms with Crippen LogP contribution >= 0.6 is 11.6 Å². The average molecular weight is 379 g/mol. The summed E-state index contributed by atoms with van der Waals surface area (Å²) in [4.78, 5) is 24.1. The van der Waals surface area contributed by atoms with Crippen LogP contribution in [0.3, 0.4) is 0 Å². The minimum absolute atomic E-state index is 0.206. The van der Waals surface area contributed by atoms with Gasteiger partial charge in [-0.05, 0) is 18.2 Å². The fourth-order valence-corrected chi connectivity index (χ4v) is 2.44. The molecule has 0 aromatic heterocycles. The molecule has 2 amide bonds. The second-order valence-electron chi connectivity index (χ2n) is 5.16. The number of methoxy groups -OCH3 is 3. The van der Waals surface area contributed by atoms with E-state index in [9.17, 15) is 9.59 Å². The Morgan fingerprint density at radius 1 is 1.00 bits per heavy atom. The van der Waals surface area contributed by atoms with Gasteiger partial charge in [0, 0.05) is 28.4 Å². The highest BCUT2D eigenvalue weighted by molar-refractivity contribution is 6.31. The van der Waals surface area contributed by atoms with Crippen molar-refractivity contribution in [2.45, 2.75) is 0 Å². The van der Waals surface area contributed by atoms with Gasteiger partial charge in [-0.3, -0.25) is 9.59 Å². The lowest BCUT2D eigenvalue weighted by Crippen LogP contribution is -2.32. The molecule has 0 atom stereocenters. The van der Waals surface area contributed by atoms with Crippen LogP contribution in [-0.2, 0) is 4.79 Å². The van der Waals surface area contributed by atoms with Crippen molar-refractivity contribution in [1.82, 2.24) is 5.32 Å². The summed E-state index contributed by atoms with van der Waals surface area (Å²) >= 11 is 5.85. The Hall–Kier alpha value is -2.93. The number of anilines is 1. The summed E-state index contributed by atoms with van der Waals surface area (Å²) in [6.45, 7) is -0.206. The SMILES string of the molecule is COc1cc(NC(=O)CNC(=O)c2cccc(Cl)c2)cc(OC)c1OC. The van der Waals surface area contributed by atoms with Crippen molar-refractivity contribution >= 4 is 29.1 Å². The van der Waals surface area contributed by atoms with Crippen LogP contribution in [0, 0.1) is 0 Å². The molecule has 2 rings (SSSR count). The van der Waals surface area contributed by atoms with Crippen LogP contribution in [0.5, 0.6) is 17.2 Å². The lowest BCUT2D eigenvalue weighted by molar-refractivity contribution is -0.115. The maximum atomic E-state index is 12.1. The first-order valence-corrected chi connectivity index (χ1v) is 8.00. The molecule has 0 aliphatic carbocycles. The second kappa shape index (κ2) is 8.96. The van der Waals surface area contributed by atoms with Gasteiger partial charge in [0.15, 0.2) is 11.5 Å². The van der Waals surface area contributed by atoms with Gasteiger partial charge in [-0.15, -0.1) is 0 Å². The van der Waals surface area contributed by atoms with E-state index in [1.54, 1.807) is 30.3 Å². The third kappa shape index (κ3) is 4.80. The lowest BCUT2D eigenvalue weighted by atomic mass is 10.2. The van der Waals surface area contributed by atoms with Crippen molar-refractivity contribution in [3.63, 3.8) is 0 Å². The molecule has 2 aromatic carbocycles. The van der Waals surface area contributed by atoms with E-state index in [2.05, 4.69) is 10.6 Å². The number of benzene rings is 2. The molecule has 0 heterocycles. The number of amides is 2. The summed E-state index contributed by atoms with van der Waals surface area (Å²) in [7, 11) is 4.45. The first-order chi connectivity index (χ1) is 12.5. The van der Waals surface area contributed by atoms with Crippen LogP contribution in [0.2, 0.25) is 5.02 Å². The fourth-order valence-electron chi connectivity index (χ4n) is 2.25. The van der Waals surface area contributed by atoms with Crippen LogP contribution in [0.15, 0.2) is 36.4 Å². The van der Waals surface area contributed by atoms with E-state index in [0.29, 0.717) is 33.5 Å². The van der Waals surface area contributed by atoms with Crippen LogP contribution in [0.4, 0.5) is 5.69 Å². The van der Waals surface area contributed by atoms with Crippen molar-refractivity contribution in [3.05, 3.63) is 47.0 Å². The van der Waals surface area contributed by atoms with Gasteiger partial charge in [0.25, 0.3) is 5.91 Å². The predicted molar refractivity (Wildman–Crippen MR) is 98.5 cm³/mol. The molecule has 138 valence electrons. The largest absolute Gasteiger partial charge is 0.493 e. The van der Waals surface area contributed by atoms with E-state index in [4.69, 9.17) is 25.8 Å². The van der Waals surface area contributed by atoms with Gasteiger partial charge in [0.1, 0.15) is 0 Å². The number of halogens is 1. The molecule has 0 spiro atoms. The third-order valence-electron chi connectivity index (χ3n) is 3.44. The molecule has 0 aliphatic rings. The van der Waals surface area contributed by atoms with Crippen LogP contribution in [-0.4, -0.2) is 39.7 Å². The van der Waals surface area contributed by atoms with Gasteiger partial charge >= 0.3 is 0 Å². The summed E-state index contributed by atoms with van der Waals surface area (Å²) in [6, 6.07) is 9.64. The number of hydrogen-bond acceptors (Lipinski definition) is 5.